The Kier molecular flexibility index (Phi) is 4.24. The molecule has 2 atom stereocenters. The number of aliphatic carboxylic acids is 1. The van der Waals surface area contributed by atoms with Crippen LogP contribution in [0.4, 0.5) is 0 Å². The Morgan fingerprint density at radius 1 is 1.25 bits per heavy atom. The van der Waals surface area contributed by atoms with E-state index in [2.05, 4.69) is 0 Å². The molecule has 1 fully saturated rings. The summed E-state index contributed by atoms with van der Waals surface area (Å²) < 4.78 is 0. The molecule has 0 radical (unpaired) electrons. The van der Waals surface area contributed by atoms with Gasteiger partial charge in [-0.3, -0.25) is 9.59 Å². The van der Waals surface area contributed by atoms with E-state index < -0.39 is 18.0 Å². The summed E-state index contributed by atoms with van der Waals surface area (Å²) in [5, 5.41) is 27.8. The first-order valence-electron chi connectivity index (χ1n) is 6.44. The van der Waals surface area contributed by atoms with Crippen molar-refractivity contribution in [2.24, 2.45) is 5.92 Å². The Morgan fingerprint density at radius 2 is 1.90 bits per heavy atom. The maximum absolute atomic E-state index is 12.1. The number of aliphatic hydroxyl groups is 1. The third-order valence-corrected chi connectivity index (χ3v) is 3.54. The Labute approximate surface area is 116 Å². The fourth-order valence-corrected chi connectivity index (χ4v) is 2.35. The highest BCUT2D eigenvalue weighted by atomic mass is 16.4. The number of likely N-dealkylation sites (tertiary alicyclic amines) is 1. The number of benzene rings is 1. The number of rotatable bonds is 3. The fraction of sp³-hybridized carbons (Fsp3) is 0.429. The molecule has 0 spiro atoms. The van der Waals surface area contributed by atoms with Crippen LogP contribution in [0.15, 0.2) is 24.3 Å². The minimum atomic E-state index is -1.02. The monoisotopic (exact) mass is 279 g/mol. The van der Waals surface area contributed by atoms with Gasteiger partial charge in [-0.25, -0.2) is 0 Å². The van der Waals surface area contributed by atoms with Gasteiger partial charge in [0.05, 0.1) is 18.4 Å². The average molecular weight is 279 g/mol. The number of phenols is 1. The van der Waals surface area contributed by atoms with E-state index in [9.17, 15) is 19.8 Å². The van der Waals surface area contributed by atoms with Gasteiger partial charge in [0, 0.05) is 13.1 Å². The van der Waals surface area contributed by atoms with Crippen molar-refractivity contribution in [1.29, 1.82) is 0 Å². The maximum atomic E-state index is 12.1. The number of hydrogen-bond acceptors (Lipinski definition) is 4. The highest BCUT2D eigenvalue weighted by Gasteiger charge is 2.34. The van der Waals surface area contributed by atoms with E-state index in [0.717, 1.165) is 5.56 Å². The second kappa shape index (κ2) is 5.92. The number of hydrogen-bond donors (Lipinski definition) is 3. The van der Waals surface area contributed by atoms with Gasteiger partial charge in [0.2, 0.25) is 5.91 Å². The number of carboxylic acid groups (broad SMARTS) is 1. The lowest BCUT2D eigenvalue weighted by molar-refractivity contribution is -0.152. The Hall–Kier alpha value is -2.08. The molecule has 1 aliphatic rings. The van der Waals surface area contributed by atoms with E-state index in [1.807, 2.05) is 0 Å². The van der Waals surface area contributed by atoms with E-state index in [1.54, 1.807) is 12.1 Å². The lowest BCUT2D eigenvalue weighted by Crippen LogP contribution is -2.49. The van der Waals surface area contributed by atoms with Crippen molar-refractivity contribution < 1.29 is 24.9 Å². The van der Waals surface area contributed by atoms with Crippen LogP contribution in [0, 0.1) is 5.92 Å². The SMILES string of the molecule is O=C(O)[C@H]1CCN(C(=O)Cc2ccc(O)cc2)C[C@H]1O. The van der Waals surface area contributed by atoms with E-state index in [1.165, 1.54) is 17.0 Å². The number of aromatic hydroxyl groups is 1. The molecule has 1 heterocycles. The second-order valence-corrected chi connectivity index (χ2v) is 4.98. The third-order valence-electron chi connectivity index (χ3n) is 3.54. The topological polar surface area (TPSA) is 98.1 Å². The fourth-order valence-electron chi connectivity index (χ4n) is 2.35. The largest absolute Gasteiger partial charge is 0.508 e. The molecule has 6 heteroatoms. The minimum absolute atomic E-state index is 0.0495. The lowest BCUT2D eigenvalue weighted by Gasteiger charge is -2.34. The first-order chi connectivity index (χ1) is 9.47. The zero-order valence-electron chi connectivity index (χ0n) is 10.9. The van der Waals surface area contributed by atoms with Crippen molar-refractivity contribution in [2.75, 3.05) is 13.1 Å². The summed E-state index contributed by atoms with van der Waals surface area (Å²) in [6.07, 6.45) is -0.590. The van der Waals surface area contributed by atoms with Crippen molar-refractivity contribution >= 4 is 11.9 Å². The predicted molar refractivity (Wildman–Crippen MR) is 70.1 cm³/mol. The van der Waals surface area contributed by atoms with E-state index in [0.29, 0.717) is 6.54 Å². The quantitative estimate of drug-likeness (QED) is 0.735. The van der Waals surface area contributed by atoms with Gasteiger partial charge in [-0.15, -0.1) is 0 Å². The Morgan fingerprint density at radius 3 is 2.45 bits per heavy atom. The molecule has 0 aromatic heterocycles. The van der Waals surface area contributed by atoms with Crippen molar-refractivity contribution in [3.8, 4) is 5.75 Å². The molecule has 0 aliphatic carbocycles. The van der Waals surface area contributed by atoms with Gasteiger partial charge in [-0.1, -0.05) is 12.1 Å². The zero-order chi connectivity index (χ0) is 14.7. The summed E-state index contributed by atoms with van der Waals surface area (Å²) in [6.45, 7) is 0.388. The number of carbonyl (C=O) groups is 2. The number of amides is 1. The maximum Gasteiger partial charge on any atom is 0.309 e. The summed E-state index contributed by atoms with van der Waals surface area (Å²) in [5.74, 6) is -1.84. The molecule has 2 rings (SSSR count). The van der Waals surface area contributed by atoms with E-state index in [4.69, 9.17) is 5.11 Å². The van der Waals surface area contributed by atoms with E-state index in [-0.39, 0.29) is 31.0 Å². The van der Waals surface area contributed by atoms with Crippen LogP contribution in [-0.4, -0.2) is 51.3 Å². The average Bonchev–Trinajstić information content (AvgIpc) is 2.40. The summed E-state index contributed by atoms with van der Waals surface area (Å²) in [6, 6.07) is 6.34. The summed E-state index contributed by atoms with van der Waals surface area (Å²) in [4.78, 5) is 24.4. The molecule has 1 aliphatic heterocycles. The van der Waals surface area contributed by atoms with Crippen LogP contribution in [0.3, 0.4) is 0 Å². The van der Waals surface area contributed by atoms with Crippen LogP contribution in [0.5, 0.6) is 5.75 Å². The van der Waals surface area contributed by atoms with Crippen LogP contribution < -0.4 is 0 Å². The highest BCUT2D eigenvalue weighted by molar-refractivity contribution is 5.79. The molecule has 1 amide bonds. The molecule has 0 unspecified atom stereocenters. The second-order valence-electron chi connectivity index (χ2n) is 4.98. The van der Waals surface area contributed by atoms with E-state index >= 15 is 0 Å². The molecule has 20 heavy (non-hydrogen) atoms. The van der Waals surface area contributed by atoms with Gasteiger partial charge in [0.1, 0.15) is 5.75 Å². The van der Waals surface area contributed by atoms with Gasteiger partial charge >= 0.3 is 5.97 Å². The van der Waals surface area contributed by atoms with Crippen LogP contribution in [0.2, 0.25) is 0 Å². The predicted octanol–water partition coefficient (Wildman–Crippen LogP) is 0.229. The number of nitrogens with zero attached hydrogens (tertiary/aromatic N) is 1. The molecule has 1 aromatic carbocycles. The molecule has 1 saturated heterocycles. The normalized spacial score (nSPS) is 22.6. The molecular weight excluding hydrogens is 262 g/mol. The third kappa shape index (κ3) is 3.27. The number of β-amino-alcohol motifs (C(OH)–C–C–N with tert-alkyl or cyclic N) is 1. The molecule has 1 aromatic rings. The van der Waals surface area contributed by atoms with Crippen molar-refractivity contribution in [3.05, 3.63) is 29.8 Å². The number of piperidine rings is 1. The highest BCUT2D eigenvalue weighted by Crippen LogP contribution is 2.19. The van der Waals surface area contributed by atoms with Gasteiger partial charge in [-0.2, -0.15) is 0 Å². The lowest BCUT2D eigenvalue weighted by atomic mass is 9.93. The number of aliphatic hydroxyl groups excluding tert-OH is 1. The Bertz CT molecular complexity index is 499. The van der Waals surface area contributed by atoms with Crippen molar-refractivity contribution in [3.63, 3.8) is 0 Å². The Balaban J connectivity index is 1.94. The zero-order valence-corrected chi connectivity index (χ0v) is 10.9. The minimum Gasteiger partial charge on any atom is -0.508 e. The molecule has 3 N–H and O–H groups in total. The van der Waals surface area contributed by atoms with Crippen LogP contribution in [0.1, 0.15) is 12.0 Å². The van der Waals surface area contributed by atoms with Gasteiger partial charge in [0.15, 0.2) is 0 Å². The van der Waals surface area contributed by atoms with Gasteiger partial charge in [0.25, 0.3) is 0 Å². The summed E-state index contributed by atoms with van der Waals surface area (Å²) >= 11 is 0. The summed E-state index contributed by atoms with van der Waals surface area (Å²) in [5.41, 5.74) is 0.766. The van der Waals surface area contributed by atoms with Crippen LogP contribution >= 0.6 is 0 Å². The number of phenolic OH excluding ortho intramolecular Hbond substituents is 1. The van der Waals surface area contributed by atoms with Crippen LogP contribution in [-0.2, 0) is 16.0 Å². The van der Waals surface area contributed by atoms with Gasteiger partial charge in [-0.05, 0) is 24.1 Å². The van der Waals surface area contributed by atoms with Crippen molar-refractivity contribution in [1.82, 2.24) is 4.90 Å². The number of carboxylic acids is 1. The smallest absolute Gasteiger partial charge is 0.309 e. The first-order valence-corrected chi connectivity index (χ1v) is 6.44. The van der Waals surface area contributed by atoms with Gasteiger partial charge < -0.3 is 20.2 Å². The summed E-state index contributed by atoms with van der Waals surface area (Å²) in [7, 11) is 0. The molecular formula is C14H17NO5. The molecule has 6 nitrogen and oxygen atoms in total. The standard InChI is InChI=1S/C14H17NO5/c16-10-3-1-9(2-4-10)7-13(18)15-6-5-11(14(19)20)12(17)8-15/h1-4,11-12,16-17H,5-8H2,(H,19,20)/t11-,12+/m0/s1. The molecule has 0 saturated carbocycles. The molecule has 0 bridgehead atoms. The molecule has 108 valence electrons. The first kappa shape index (κ1) is 14.3. The van der Waals surface area contributed by atoms with Crippen molar-refractivity contribution in [2.45, 2.75) is 18.9 Å². The number of carbonyl (C=O) groups excluding carboxylic acids is 1. The van der Waals surface area contributed by atoms with Crippen LogP contribution in [0.25, 0.3) is 0 Å².